The molecule has 0 bridgehead atoms. The highest BCUT2D eigenvalue weighted by molar-refractivity contribution is 6.02. The molecule has 0 saturated heterocycles. The van der Waals surface area contributed by atoms with Crippen molar-refractivity contribution >= 4 is 17.5 Å². The molecule has 0 fully saturated rings. The molecular formula is C15H17FN4O3. The Balaban J connectivity index is 1.81. The number of carbonyl (C=O) groups is 2. The van der Waals surface area contributed by atoms with Gasteiger partial charge in [-0.1, -0.05) is 12.1 Å². The quantitative estimate of drug-likeness (QED) is 0.675. The number of nitrogens with one attached hydrogen (secondary N) is 2. The lowest BCUT2D eigenvalue weighted by atomic mass is 10.2. The van der Waals surface area contributed by atoms with Crippen molar-refractivity contribution in [3.63, 3.8) is 0 Å². The second kappa shape index (κ2) is 7.39. The number of benzene rings is 1. The summed E-state index contributed by atoms with van der Waals surface area (Å²) < 4.78 is 18.6. The Morgan fingerprint density at radius 2 is 2.13 bits per heavy atom. The fourth-order valence-corrected chi connectivity index (χ4v) is 1.94. The van der Waals surface area contributed by atoms with Gasteiger partial charge < -0.3 is 15.8 Å². The smallest absolute Gasteiger partial charge is 0.271 e. The third-order valence-corrected chi connectivity index (χ3v) is 3.09. The van der Waals surface area contributed by atoms with Gasteiger partial charge in [0, 0.05) is 6.42 Å². The number of aromatic amines is 1. The first-order chi connectivity index (χ1) is 11.0. The zero-order valence-corrected chi connectivity index (χ0v) is 12.6. The normalized spacial score (nSPS) is 10.3. The number of nitrogens with two attached hydrogens (primary N) is 1. The fraction of sp³-hybridized carbons (Fsp3) is 0.267. The van der Waals surface area contributed by atoms with Gasteiger partial charge in [-0.05, 0) is 25.5 Å². The summed E-state index contributed by atoms with van der Waals surface area (Å²) in [6.07, 6.45) is 0.542. The minimum atomic E-state index is -0.729. The van der Waals surface area contributed by atoms with E-state index in [1.807, 2.05) is 0 Å². The van der Waals surface area contributed by atoms with Crippen LogP contribution in [-0.4, -0.2) is 28.6 Å². The third-order valence-electron chi connectivity index (χ3n) is 3.09. The molecule has 2 amide bonds. The summed E-state index contributed by atoms with van der Waals surface area (Å²) >= 11 is 0. The van der Waals surface area contributed by atoms with Crippen LogP contribution in [0.2, 0.25) is 0 Å². The van der Waals surface area contributed by atoms with Crippen LogP contribution in [0, 0.1) is 12.7 Å². The van der Waals surface area contributed by atoms with E-state index in [0.29, 0.717) is 12.1 Å². The molecule has 4 N–H and O–H groups in total. The highest BCUT2D eigenvalue weighted by Crippen LogP contribution is 2.18. The van der Waals surface area contributed by atoms with E-state index in [9.17, 15) is 14.0 Å². The molecule has 0 aliphatic rings. The molecule has 0 aliphatic carbocycles. The lowest BCUT2D eigenvalue weighted by Crippen LogP contribution is -2.18. The van der Waals surface area contributed by atoms with Crippen molar-refractivity contribution in [3.8, 4) is 5.75 Å². The number of nitrogens with zero attached hydrogens (tertiary/aromatic N) is 1. The number of amides is 2. The molecule has 0 aliphatic heterocycles. The molecule has 7 nitrogen and oxygen atoms in total. The summed E-state index contributed by atoms with van der Waals surface area (Å²) in [5.41, 5.74) is 5.97. The molecule has 1 aromatic carbocycles. The maximum Gasteiger partial charge on any atom is 0.271 e. The number of rotatable bonds is 7. The Morgan fingerprint density at radius 1 is 1.39 bits per heavy atom. The van der Waals surface area contributed by atoms with Crippen molar-refractivity contribution in [1.82, 2.24) is 10.2 Å². The standard InChI is InChI=1S/C15H17FN4O3/c1-9-13(14(15(17)22)20-19-9)18-12(21)7-4-8-23-11-6-3-2-5-10(11)16/h2-3,5-6H,4,7-8H2,1H3,(H2,17,22)(H,18,21)(H,19,20). The summed E-state index contributed by atoms with van der Waals surface area (Å²) in [5.74, 6) is -1.34. The Labute approximate surface area is 132 Å². The number of halogens is 1. The van der Waals surface area contributed by atoms with Crippen molar-refractivity contribution in [2.24, 2.45) is 5.73 Å². The highest BCUT2D eigenvalue weighted by atomic mass is 19.1. The number of hydrogen-bond acceptors (Lipinski definition) is 4. The highest BCUT2D eigenvalue weighted by Gasteiger charge is 2.17. The average Bonchev–Trinajstić information content (AvgIpc) is 2.86. The number of hydrogen-bond donors (Lipinski definition) is 3. The van der Waals surface area contributed by atoms with Crippen LogP contribution in [0.15, 0.2) is 24.3 Å². The molecule has 0 unspecified atom stereocenters. The lowest BCUT2D eigenvalue weighted by Gasteiger charge is -2.08. The molecule has 0 saturated carbocycles. The van der Waals surface area contributed by atoms with Gasteiger partial charge in [0.15, 0.2) is 17.3 Å². The number of carbonyl (C=O) groups excluding carboxylic acids is 2. The van der Waals surface area contributed by atoms with Gasteiger partial charge in [0.05, 0.1) is 18.0 Å². The predicted octanol–water partition coefficient (Wildman–Crippen LogP) is 1.75. The molecular weight excluding hydrogens is 303 g/mol. The zero-order chi connectivity index (χ0) is 16.8. The van der Waals surface area contributed by atoms with E-state index in [0.717, 1.165) is 0 Å². The van der Waals surface area contributed by atoms with Gasteiger partial charge in [0.2, 0.25) is 5.91 Å². The van der Waals surface area contributed by atoms with Crippen molar-refractivity contribution in [2.45, 2.75) is 19.8 Å². The summed E-state index contributed by atoms with van der Waals surface area (Å²) in [5, 5.41) is 8.91. The molecule has 0 radical (unpaired) electrons. The summed E-state index contributed by atoms with van der Waals surface area (Å²) in [7, 11) is 0. The predicted molar refractivity (Wildman–Crippen MR) is 81.6 cm³/mol. The first kappa shape index (κ1) is 16.5. The first-order valence-electron chi connectivity index (χ1n) is 7.01. The zero-order valence-electron chi connectivity index (χ0n) is 12.6. The van der Waals surface area contributed by atoms with Crippen LogP contribution in [0.4, 0.5) is 10.1 Å². The van der Waals surface area contributed by atoms with Crippen molar-refractivity contribution in [2.75, 3.05) is 11.9 Å². The van der Waals surface area contributed by atoms with E-state index < -0.39 is 11.7 Å². The fourth-order valence-electron chi connectivity index (χ4n) is 1.94. The van der Waals surface area contributed by atoms with E-state index in [-0.39, 0.29) is 36.1 Å². The van der Waals surface area contributed by atoms with Gasteiger partial charge in [-0.3, -0.25) is 14.7 Å². The minimum absolute atomic E-state index is 0.0153. The molecule has 0 atom stereocenters. The largest absolute Gasteiger partial charge is 0.491 e. The van der Waals surface area contributed by atoms with Gasteiger partial charge in [-0.25, -0.2) is 4.39 Å². The summed E-state index contributed by atoms with van der Waals surface area (Å²) in [6, 6.07) is 6.05. The third kappa shape index (κ3) is 4.29. The second-order valence-corrected chi connectivity index (χ2v) is 4.87. The molecule has 1 heterocycles. The molecule has 23 heavy (non-hydrogen) atoms. The molecule has 0 spiro atoms. The molecule has 8 heteroatoms. The first-order valence-corrected chi connectivity index (χ1v) is 7.01. The topological polar surface area (TPSA) is 110 Å². The maximum atomic E-state index is 13.3. The minimum Gasteiger partial charge on any atom is -0.491 e. The van der Waals surface area contributed by atoms with Crippen molar-refractivity contribution in [1.29, 1.82) is 0 Å². The monoisotopic (exact) mass is 320 g/mol. The van der Waals surface area contributed by atoms with Crippen molar-refractivity contribution in [3.05, 3.63) is 41.5 Å². The molecule has 122 valence electrons. The van der Waals surface area contributed by atoms with E-state index in [2.05, 4.69) is 15.5 Å². The Hall–Kier alpha value is -2.90. The van der Waals surface area contributed by atoms with E-state index >= 15 is 0 Å². The van der Waals surface area contributed by atoms with Crippen LogP contribution < -0.4 is 15.8 Å². The lowest BCUT2D eigenvalue weighted by molar-refractivity contribution is -0.116. The Morgan fingerprint density at radius 3 is 2.83 bits per heavy atom. The van der Waals surface area contributed by atoms with Gasteiger partial charge in [-0.15, -0.1) is 0 Å². The number of primary amides is 1. The SMILES string of the molecule is Cc1[nH]nc(C(N)=O)c1NC(=O)CCCOc1ccccc1F. The van der Waals surface area contributed by atoms with Gasteiger partial charge in [0.1, 0.15) is 0 Å². The van der Waals surface area contributed by atoms with Gasteiger partial charge in [-0.2, -0.15) is 5.10 Å². The number of ether oxygens (including phenoxy) is 1. The molecule has 1 aromatic heterocycles. The molecule has 2 aromatic rings. The molecule has 2 rings (SSSR count). The maximum absolute atomic E-state index is 13.3. The number of aromatic nitrogens is 2. The van der Waals surface area contributed by atoms with E-state index in [4.69, 9.17) is 10.5 Å². The number of aryl methyl sites for hydroxylation is 1. The second-order valence-electron chi connectivity index (χ2n) is 4.87. The van der Waals surface area contributed by atoms with Gasteiger partial charge >= 0.3 is 0 Å². The number of anilines is 1. The van der Waals surface area contributed by atoms with Crippen molar-refractivity contribution < 1.29 is 18.7 Å². The summed E-state index contributed by atoms with van der Waals surface area (Å²) in [4.78, 5) is 23.1. The van der Waals surface area contributed by atoms with Gasteiger partial charge in [0.25, 0.3) is 5.91 Å². The van der Waals surface area contributed by atoms with E-state index in [1.165, 1.54) is 12.1 Å². The van der Waals surface area contributed by atoms with Crippen LogP contribution >= 0.6 is 0 Å². The average molecular weight is 320 g/mol. The van der Waals surface area contributed by atoms with E-state index in [1.54, 1.807) is 19.1 Å². The number of H-pyrrole nitrogens is 1. The Bertz CT molecular complexity index is 714. The van der Waals surface area contributed by atoms with Crippen LogP contribution in [-0.2, 0) is 4.79 Å². The Kier molecular flexibility index (Phi) is 5.29. The van der Waals surface area contributed by atoms with Crippen LogP contribution in [0.25, 0.3) is 0 Å². The summed E-state index contributed by atoms with van der Waals surface area (Å²) in [6.45, 7) is 1.86. The van der Waals surface area contributed by atoms with Crippen LogP contribution in [0.3, 0.4) is 0 Å². The van der Waals surface area contributed by atoms with Crippen LogP contribution in [0.5, 0.6) is 5.75 Å². The number of para-hydroxylation sites is 1. The van der Waals surface area contributed by atoms with Crippen LogP contribution in [0.1, 0.15) is 29.0 Å².